The summed E-state index contributed by atoms with van der Waals surface area (Å²) < 4.78 is 18.9. The Balaban J connectivity index is 2.24. The molecule has 1 aromatic heterocycles. The quantitative estimate of drug-likeness (QED) is 0.854. The Bertz CT molecular complexity index is 648. The number of carboxylic acids is 1. The highest BCUT2D eigenvalue weighted by molar-refractivity contribution is 7.17. The van der Waals surface area contributed by atoms with Gasteiger partial charge < -0.3 is 9.84 Å². The van der Waals surface area contributed by atoms with Gasteiger partial charge in [0.1, 0.15) is 22.5 Å². The van der Waals surface area contributed by atoms with Crippen molar-refractivity contribution in [2.24, 2.45) is 0 Å². The van der Waals surface area contributed by atoms with Crippen LogP contribution >= 0.6 is 11.3 Å². The average Bonchev–Trinajstić information content (AvgIpc) is 2.76. The zero-order valence-corrected chi connectivity index (χ0v) is 10.3. The molecule has 0 saturated carbocycles. The highest BCUT2D eigenvalue weighted by atomic mass is 32.1. The lowest BCUT2D eigenvalue weighted by molar-refractivity contribution is 0.0702. The van der Waals surface area contributed by atoms with Crippen molar-refractivity contribution in [3.63, 3.8) is 0 Å². The van der Waals surface area contributed by atoms with E-state index in [9.17, 15) is 9.18 Å². The molecule has 0 spiro atoms. The van der Waals surface area contributed by atoms with E-state index in [0.717, 1.165) is 21.8 Å². The lowest BCUT2D eigenvalue weighted by atomic mass is 10.0. The van der Waals surface area contributed by atoms with E-state index < -0.39 is 5.97 Å². The smallest absolute Gasteiger partial charge is 0.345 e. The van der Waals surface area contributed by atoms with Crippen molar-refractivity contribution < 1.29 is 19.0 Å². The molecule has 5 heteroatoms. The van der Waals surface area contributed by atoms with Gasteiger partial charge in [-0.25, -0.2) is 9.18 Å². The largest absolute Gasteiger partial charge is 0.485 e. The molecule has 1 aromatic carbocycles. The number of carbonyl (C=O) groups is 1. The van der Waals surface area contributed by atoms with Crippen LogP contribution in [0.2, 0.25) is 0 Å². The minimum atomic E-state index is -0.973. The fourth-order valence-corrected chi connectivity index (χ4v) is 3.16. The Morgan fingerprint density at radius 3 is 2.94 bits per heavy atom. The number of carboxylic acid groups (broad SMARTS) is 1. The van der Waals surface area contributed by atoms with Crippen molar-refractivity contribution in [2.45, 2.75) is 13.0 Å². The Morgan fingerprint density at radius 2 is 2.22 bits per heavy atom. The van der Waals surface area contributed by atoms with Crippen LogP contribution in [0.25, 0.3) is 10.4 Å². The molecule has 92 valence electrons. The minimum absolute atomic E-state index is 0.220. The molecular formula is C13H9FO3S. The first-order chi connectivity index (χ1) is 8.56. The van der Waals surface area contributed by atoms with Gasteiger partial charge >= 0.3 is 5.97 Å². The molecule has 18 heavy (non-hydrogen) atoms. The van der Waals surface area contributed by atoms with Gasteiger partial charge in [0, 0.05) is 16.0 Å². The van der Waals surface area contributed by atoms with E-state index in [1.54, 1.807) is 12.1 Å². The van der Waals surface area contributed by atoms with E-state index in [0.29, 0.717) is 11.3 Å². The van der Waals surface area contributed by atoms with E-state index >= 15 is 0 Å². The topological polar surface area (TPSA) is 46.5 Å². The molecule has 1 N–H and O–H groups in total. The molecule has 0 aliphatic carbocycles. The summed E-state index contributed by atoms with van der Waals surface area (Å²) in [5.41, 5.74) is 1.43. The first-order valence-electron chi connectivity index (χ1n) is 5.40. The van der Waals surface area contributed by atoms with Crippen molar-refractivity contribution in [2.75, 3.05) is 0 Å². The molecule has 0 bridgehead atoms. The van der Waals surface area contributed by atoms with Gasteiger partial charge in [0.25, 0.3) is 0 Å². The van der Waals surface area contributed by atoms with Gasteiger partial charge in [-0.3, -0.25) is 0 Å². The molecule has 1 atom stereocenters. The second-order valence-corrected chi connectivity index (χ2v) is 5.15. The third-order valence-electron chi connectivity index (χ3n) is 2.90. The zero-order valence-electron chi connectivity index (χ0n) is 9.44. The summed E-state index contributed by atoms with van der Waals surface area (Å²) in [6.45, 7) is 1.85. The van der Waals surface area contributed by atoms with Crippen LogP contribution in [0.15, 0.2) is 24.3 Å². The fraction of sp³-hybridized carbons (Fsp3) is 0.154. The van der Waals surface area contributed by atoms with E-state index in [1.807, 2.05) is 6.92 Å². The summed E-state index contributed by atoms with van der Waals surface area (Å²) in [7, 11) is 0. The van der Waals surface area contributed by atoms with Crippen LogP contribution in [0.5, 0.6) is 5.75 Å². The molecular weight excluding hydrogens is 255 g/mol. The second-order valence-electron chi connectivity index (χ2n) is 4.10. The van der Waals surface area contributed by atoms with Crippen molar-refractivity contribution in [1.29, 1.82) is 0 Å². The van der Waals surface area contributed by atoms with Crippen molar-refractivity contribution in [3.05, 3.63) is 40.5 Å². The molecule has 3 rings (SSSR count). The van der Waals surface area contributed by atoms with Crippen LogP contribution in [-0.4, -0.2) is 11.1 Å². The number of benzene rings is 1. The summed E-state index contributed by atoms with van der Waals surface area (Å²) in [4.78, 5) is 12.0. The van der Waals surface area contributed by atoms with E-state index in [-0.39, 0.29) is 16.8 Å². The first-order valence-corrected chi connectivity index (χ1v) is 6.21. The number of ether oxygens (including phenoxy) is 1. The van der Waals surface area contributed by atoms with Crippen LogP contribution in [0.1, 0.15) is 28.3 Å². The molecule has 0 amide bonds. The fourth-order valence-electron chi connectivity index (χ4n) is 2.06. The monoisotopic (exact) mass is 264 g/mol. The van der Waals surface area contributed by atoms with Gasteiger partial charge in [-0.05, 0) is 31.2 Å². The third-order valence-corrected chi connectivity index (χ3v) is 4.07. The van der Waals surface area contributed by atoms with Crippen molar-refractivity contribution in [3.8, 4) is 16.2 Å². The molecule has 0 saturated heterocycles. The Kier molecular flexibility index (Phi) is 2.38. The molecule has 3 nitrogen and oxygen atoms in total. The van der Waals surface area contributed by atoms with Crippen molar-refractivity contribution >= 4 is 17.3 Å². The number of hydrogen-bond acceptors (Lipinski definition) is 3. The summed E-state index contributed by atoms with van der Waals surface area (Å²) in [5.74, 6) is -0.738. The van der Waals surface area contributed by atoms with Gasteiger partial charge in [0.15, 0.2) is 0 Å². The maximum atomic E-state index is 13.3. The van der Waals surface area contributed by atoms with E-state index in [1.165, 1.54) is 12.1 Å². The highest BCUT2D eigenvalue weighted by Crippen LogP contribution is 2.46. The molecule has 0 fully saturated rings. The van der Waals surface area contributed by atoms with Crippen LogP contribution in [0, 0.1) is 5.82 Å². The number of rotatable bonds is 1. The van der Waals surface area contributed by atoms with E-state index in [2.05, 4.69) is 0 Å². The molecule has 1 unspecified atom stereocenters. The summed E-state index contributed by atoms with van der Waals surface area (Å²) >= 11 is 1.15. The predicted octanol–water partition coefficient (Wildman–Crippen LogP) is 3.71. The zero-order chi connectivity index (χ0) is 12.9. The number of halogens is 1. The van der Waals surface area contributed by atoms with Crippen LogP contribution < -0.4 is 4.74 Å². The lowest BCUT2D eigenvalue weighted by Crippen LogP contribution is -2.08. The molecule has 2 heterocycles. The normalized spacial score (nSPS) is 16.7. The lowest BCUT2D eigenvalue weighted by Gasteiger charge is -2.23. The van der Waals surface area contributed by atoms with Gasteiger partial charge in [-0.2, -0.15) is 0 Å². The number of aromatic carboxylic acids is 1. The highest BCUT2D eigenvalue weighted by Gasteiger charge is 2.27. The molecule has 0 radical (unpaired) electrons. The van der Waals surface area contributed by atoms with Crippen LogP contribution in [0.4, 0.5) is 4.39 Å². The first kappa shape index (κ1) is 11.2. The van der Waals surface area contributed by atoms with Crippen LogP contribution in [-0.2, 0) is 0 Å². The van der Waals surface area contributed by atoms with Crippen molar-refractivity contribution in [1.82, 2.24) is 0 Å². The van der Waals surface area contributed by atoms with Gasteiger partial charge in [0.2, 0.25) is 0 Å². The number of hydrogen-bond donors (Lipinski definition) is 1. The Labute approximate surface area is 106 Å². The Morgan fingerprint density at radius 1 is 1.44 bits per heavy atom. The van der Waals surface area contributed by atoms with Gasteiger partial charge in [-0.1, -0.05) is 0 Å². The van der Waals surface area contributed by atoms with Crippen LogP contribution in [0.3, 0.4) is 0 Å². The third kappa shape index (κ3) is 1.59. The SMILES string of the molecule is CC1Oc2ccc(F)cc2-c2sc(C(=O)O)cc21. The van der Waals surface area contributed by atoms with Gasteiger partial charge in [0.05, 0.1) is 0 Å². The number of thiophene rings is 1. The van der Waals surface area contributed by atoms with Gasteiger partial charge in [-0.15, -0.1) is 11.3 Å². The standard InChI is InChI=1S/C13H9FO3S/c1-6-8-5-11(13(15)16)18-12(8)9-4-7(14)2-3-10(9)17-6/h2-6H,1H3,(H,15,16). The summed E-state index contributed by atoms with van der Waals surface area (Å²) in [6.07, 6.45) is -0.220. The summed E-state index contributed by atoms with van der Waals surface area (Å²) in [6, 6.07) is 5.88. The number of fused-ring (bicyclic) bond motifs is 3. The molecule has 1 aliphatic rings. The minimum Gasteiger partial charge on any atom is -0.485 e. The second kappa shape index (κ2) is 3.81. The maximum absolute atomic E-state index is 13.3. The summed E-state index contributed by atoms with van der Waals surface area (Å²) in [5, 5.41) is 9.02. The Hall–Kier alpha value is -1.88. The van der Waals surface area contributed by atoms with E-state index in [4.69, 9.17) is 9.84 Å². The predicted molar refractivity (Wildman–Crippen MR) is 65.7 cm³/mol. The molecule has 2 aromatic rings. The average molecular weight is 264 g/mol. The maximum Gasteiger partial charge on any atom is 0.345 e. The molecule has 1 aliphatic heterocycles.